The van der Waals surface area contributed by atoms with Gasteiger partial charge in [-0.25, -0.2) is 13.1 Å². The van der Waals surface area contributed by atoms with E-state index in [2.05, 4.69) is 4.72 Å². The summed E-state index contributed by atoms with van der Waals surface area (Å²) >= 11 is 5.64. The molecular formula is C10H20ClNO2S. The van der Waals surface area contributed by atoms with Crippen LogP contribution < -0.4 is 4.72 Å². The van der Waals surface area contributed by atoms with E-state index >= 15 is 0 Å². The molecule has 0 heterocycles. The quantitative estimate of drug-likeness (QED) is 0.764. The summed E-state index contributed by atoms with van der Waals surface area (Å²) in [4.78, 5) is 0. The lowest BCUT2D eigenvalue weighted by Gasteiger charge is -2.27. The van der Waals surface area contributed by atoms with Crippen molar-refractivity contribution < 1.29 is 8.42 Å². The lowest BCUT2D eigenvalue weighted by molar-refractivity contribution is 0.437. The minimum Gasteiger partial charge on any atom is -0.212 e. The molecule has 0 unspecified atom stereocenters. The smallest absolute Gasteiger partial charge is 0.212 e. The molecule has 0 amide bonds. The summed E-state index contributed by atoms with van der Waals surface area (Å²) in [5, 5.41) is -0.188. The molecule has 0 aromatic heterocycles. The van der Waals surface area contributed by atoms with Crippen molar-refractivity contribution in [1.29, 1.82) is 0 Å². The summed E-state index contributed by atoms with van der Waals surface area (Å²) in [7, 11) is -3.15. The molecule has 0 radical (unpaired) electrons. The summed E-state index contributed by atoms with van der Waals surface area (Å²) in [5.41, 5.74) is -0.427. The molecular weight excluding hydrogens is 234 g/mol. The van der Waals surface area contributed by atoms with Crippen LogP contribution in [0.25, 0.3) is 0 Å². The van der Waals surface area contributed by atoms with Gasteiger partial charge in [0.25, 0.3) is 0 Å². The molecule has 0 atom stereocenters. The molecule has 1 N–H and O–H groups in total. The van der Waals surface area contributed by atoms with Crippen LogP contribution in [0.3, 0.4) is 0 Å². The Bertz CT molecular complexity index is 295. The van der Waals surface area contributed by atoms with E-state index in [9.17, 15) is 8.42 Å². The van der Waals surface area contributed by atoms with Gasteiger partial charge in [-0.2, -0.15) is 0 Å². The van der Waals surface area contributed by atoms with Gasteiger partial charge in [0.2, 0.25) is 10.0 Å². The Labute approximate surface area is 97.6 Å². The average Bonchev–Trinajstić information content (AvgIpc) is 2.52. The van der Waals surface area contributed by atoms with Crippen molar-refractivity contribution >= 4 is 21.6 Å². The first kappa shape index (κ1) is 13.3. The van der Waals surface area contributed by atoms with Crippen molar-refractivity contribution in [2.75, 3.05) is 5.88 Å². The summed E-state index contributed by atoms with van der Waals surface area (Å²) in [6.07, 6.45) is 4.31. The highest BCUT2D eigenvalue weighted by Gasteiger charge is 2.33. The van der Waals surface area contributed by atoms with Gasteiger partial charge in [-0.1, -0.05) is 12.8 Å². The lowest BCUT2D eigenvalue weighted by atomic mass is 10.0. The van der Waals surface area contributed by atoms with Crippen molar-refractivity contribution in [3.8, 4) is 0 Å². The number of sulfonamides is 1. The van der Waals surface area contributed by atoms with Crippen molar-refractivity contribution in [2.45, 2.75) is 56.7 Å². The zero-order valence-corrected chi connectivity index (χ0v) is 11.0. The molecule has 0 bridgehead atoms. The fourth-order valence-electron chi connectivity index (χ4n) is 1.95. The molecule has 1 saturated carbocycles. The third-order valence-electron chi connectivity index (χ3n) is 2.88. The van der Waals surface area contributed by atoms with Gasteiger partial charge in [-0.05, 0) is 33.1 Å². The molecule has 5 heteroatoms. The van der Waals surface area contributed by atoms with Crippen molar-refractivity contribution in [1.82, 2.24) is 4.72 Å². The first-order valence-corrected chi connectivity index (χ1v) is 7.54. The summed E-state index contributed by atoms with van der Waals surface area (Å²) < 4.78 is 26.7. The van der Waals surface area contributed by atoms with Crippen LogP contribution in [-0.4, -0.2) is 25.1 Å². The number of nitrogens with one attached hydrogen (secondary N) is 1. The van der Waals surface area contributed by atoms with E-state index in [-0.39, 0.29) is 5.25 Å². The molecule has 1 rings (SSSR count). The van der Waals surface area contributed by atoms with E-state index < -0.39 is 15.6 Å². The largest absolute Gasteiger partial charge is 0.214 e. The molecule has 90 valence electrons. The minimum atomic E-state index is -3.15. The highest BCUT2D eigenvalue weighted by molar-refractivity contribution is 7.90. The van der Waals surface area contributed by atoms with Crippen molar-refractivity contribution in [2.24, 2.45) is 0 Å². The Morgan fingerprint density at radius 2 is 1.87 bits per heavy atom. The van der Waals surface area contributed by atoms with Gasteiger partial charge in [-0.3, -0.25) is 0 Å². The topological polar surface area (TPSA) is 46.2 Å². The van der Waals surface area contributed by atoms with Crippen molar-refractivity contribution in [3.63, 3.8) is 0 Å². The van der Waals surface area contributed by atoms with Crippen LogP contribution in [0.5, 0.6) is 0 Å². The Balaban J connectivity index is 2.62. The number of hydrogen-bond donors (Lipinski definition) is 1. The van der Waals surface area contributed by atoms with E-state index in [4.69, 9.17) is 11.6 Å². The Morgan fingerprint density at radius 3 is 2.33 bits per heavy atom. The van der Waals surface area contributed by atoms with Gasteiger partial charge in [0.1, 0.15) is 0 Å². The van der Waals surface area contributed by atoms with Crippen LogP contribution in [-0.2, 0) is 10.0 Å². The fraction of sp³-hybridized carbons (Fsp3) is 1.00. The second-order valence-corrected chi connectivity index (χ2v) is 7.22. The molecule has 1 fully saturated rings. The number of rotatable bonds is 5. The monoisotopic (exact) mass is 253 g/mol. The summed E-state index contributed by atoms with van der Waals surface area (Å²) in [6, 6.07) is 0. The van der Waals surface area contributed by atoms with Crippen LogP contribution >= 0.6 is 11.6 Å². The third kappa shape index (κ3) is 3.93. The predicted molar refractivity (Wildman–Crippen MR) is 63.7 cm³/mol. The molecule has 0 aromatic carbocycles. The first-order chi connectivity index (χ1) is 6.87. The van der Waals surface area contributed by atoms with E-state index in [0.717, 1.165) is 25.7 Å². The maximum Gasteiger partial charge on any atom is 0.214 e. The van der Waals surface area contributed by atoms with E-state index in [1.54, 1.807) is 0 Å². The molecule has 0 spiro atoms. The molecule has 0 aliphatic heterocycles. The van der Waals surface area contributed by atoms with E-state index in [1.165, 1.54) is 0 Å². The fourth-order valence-corrected chi connectivity index (χ4v) is 4.42. The molecule has 0 saturated heterocycles. The van der Waals surface area contributed by atoms with Crippen LogP contribution in [0.1, 0.15) is 46.0 Å². The maximum atomic E-state index is 12.0. The van der Waals surface area contributed by atoms with Gasteiger partial charge in [-0.15, -0.1) is 11.6 Å². The molecule has 0 aromatic rings. The molecule has 1 aliphatic rings. The Hall–Kier alpha value is 0.200. The zero-order valence-electron chi connectivity index (χ0n) is 9.42. The number of halogens is 1. The number of alkyl halides is 1. The van der Waals surface area contributed by atoms with Gasteiger partial charge in [0.15, 0.2) is 0 Å². The van der Waals surface area contributed by atoms with E-state index in [0.29, 0.717) is 12.3 Å². The van der Waals surface area contributed by atoms with Crippen LogP contribution in [0.4, 0.5) is 0 Å². The highest BCUT2D eigenvalue weighted by Crippen LogP contribution is 2.25. The average molecular weight is 254 g/mol. The summed E-state index contributed by atoms with van der Waals surface area (Å²) in [6.45, 7) is 3.75. The first-order valence-electron chi connectivity index (χ1n) is 5.46. The maximum absolute atomic E-state index is 12.0. The van der Waals surface area contributed by atoms with E-state index in [1.807, 2.05) is 13.8 Å². The van der Waals surface area contributed by atoms with Crippen LogP contribution in [0.15, 0.2) is 0 Å². The van der Waals surface area contributed by atoms with Crippen LogP contribution in [0, 0.1) is 0 Å². The highest BCUT2D eigenvalue weighted by atomic mass is 35.5. The third-order valence-corrected chi connectivity index (χ3v) is 5.25. The molecule has 1 aliphatic carbocycles. The van der Waals surface area contributed by atoms with Gasteiger partial charge in [0.05, 0.1) is 5.25 Å². The predicted octanol–water partition coefficient (Wildman–Crippen LogP) is 2.26. The van der Waals surface area contributed by atoms with Crippen LogP contribution in [0.2, 0.25) is 0 Å². The standard InChI is InChI=1S/C10H20ClNO2S/c1-10(2,7-8-11)12-15(13,14)9-5-3-4-6-9/h9,12H,3-8H2,1-2H3. The second kappa shape index (κ2) is 5.02. The minimum absolute atomic E-state index is 0.188. The van der Waals surface area contributed by atoms with Gasteiger partial charge in [0, 0.05) is 11.4 Å². The lowest BCUT2D eigenvalue weighted by Crippen LogP contribution is -2.47. The van der Waals surface area contributed by atoms with Crippen molar-refractivity contribution in [3.05, 3.63) is 0 Å². The number of hydrogen-bond acceptors (Lipinski definition) is 2. The molecule has 15 heavy (non-hydrogen) atoms. The molecule has 3 nitrogen and oxygen atoms in total. The Morgan fingerprint density at radius 1 is 1.33 bits per heavy atom. The van der Waals surface area contributed by atoms with Gasteiger partial charge < -0.3 is 0 Å². The SMILES string of the molecule is CC(C)(CCCl)NS(=O)(=O)C1CCCC1. The normalized spacial score (nSPS) is 19.7. The summed E-state index contributed by atoms with van der Waals surface area (Å²) in [5.74, 6) is 0.472. The zero-order chi connectivity index (χ0) is 11.5. The van der Waals surface area contributed by atoms with Gasteiger partial charge >= 0.3 is 0 Å². The Kier molecular flexibility index (Phi) is 4.44. The second-order valence-electron chi connectivity index (χ2n) is 4.88.